The van der Waals surface area contributed by atoms with Gasteiger partial charge in [-0.05, 0) is 62.2 Å². The maximum atomic E-state index is 12.5. The number of hydrogen-bond acceptors (Lipinski definition) is 6. The Kier molecular flexibility index (Phi) is 8.91. The van der Waals surface area contributed by atoms with Crippen LogP contribution >= 0.6 is 36.2 Å². The number of carbonyl (C=O) groups is 1. The van der Waals surface area contributed by atoms with E-state index in [2.05, 4.69) is 20.6 Å². The summed E-state index contributed by atoms with van der Waals surface area (Å²) in [6.07, 6.45) is 3.76. The highest BCUT2D eigenvalue weighted by atomic mass is 35.5. The second kappa shape index (κ2) is 10.7. The van der Waals surface area contributed by atoms with Gasteiger partial charge in [0.2, 0.25) is 5.91 Å². The largest absolute Gasteiger partial charge is 0.338 e. The Balaban J connectivity index is 0.00000150. The van der Waals surface area contributed by atoms with Crippen LogP contribution in [0, 0.1) is 11.8 Å². The summed E-state index contributed by atoms with van der Waals surface area (Å²) in [5, 5.41) is 9.05. The molecule has 4 rings (SSSR count). The lowest BCUT2D eigenvalue weighted by Crippen LogP contribution is -2.54. The van der Waals surface area contributed by atoms with Gasteiger partial charge in [0.1, 0.15) is 10.5 Å². The minimum atomic E-state index is -0.131. The zero-order valence-corrected chi connectivity index (χ0v) is 18.9. The van der Waals surface area contributed by atoms with Gasteiger partial charge in [0.25, 0.3) is 5.56 Å². The van der Waals surface area contributed by atoms with Crippen LogP contribution in [0.3, 0.4) is 0 Å². The van der Waals surface area contributed by atoms with Gasteiger partial charge >= 0.3 is 0 Å². The maximum absolute atomic E-state index is 12.5. The van der Waals surface area contributed by atoms with Crippen LogP contribution in [0.5, 0.6) is 0 Å². The molecule has 2 aromatic rings. The molecule has 3 N–H and O–H groups in total. The van der Waals surface area contributed by atoms with Crippen molar-refractivity contribution in [3.05, 3.63) is 27.6 Å². The molecule has 0 aromatic carbocycles. The molecule has 2 bridgehead atoms. The molecule has 162 valence electrons. The number of amides is 1. The maximum Gasteiger partial charge on any atom is 0.268 e. The topological polar surface area (TPSA) is 90.1 Å². The predicted octanol–water partition coefficient (Wildman–Crippen LogP) is 2.15. The van der Waals surface area contributed by atoms with Crippen LogP contribution < -0.4 is 16.2 Å². The first kappa shape index (κ1) is 24.1. The van der Waals surface area contributed by atoms with Crippen molar-refractivity contribution in [3.8, 4) is 0 Å². The van der Waals surface area contributed by atoms with Crippen LogP contribution in [0.1, 0.15) is 31.5 Å². The second-order valence-electron chi connectivity index (χ2n) is 7.82. The Morgan fingerprint density at radius 1 is 1.31 bits per heavy atom. The number of piperidine rings is 2. The van der Waals surface area contributed by atoms with Crippen LogP contribution in [-0.4, -0.2) is 53.5 Å². The van der Waals surface area contributed by atoms with E-state index >= 15 is 0 Å². The molecule has 2 saturated heterocycles. The monoisotopic (exact) mass is 461 g/mol. The van der Waals surface area contributed by atoms with Crippen molar-refractivity contribution in [2.24, 2.45) is 11.8 Å². The third kappa shape index (κ3) is 5.70. The van der Waals surface area contributed by atoms with Gasteiger partial charge in [-0.2, -0.15) is 0 Å². The average molecular weight is 462 g/mol. The van der Waals surface area contributed by atoms with Crippen LogP contribution in [0.25, 0.3) is 10.2 Å². The number of nitrogens with zero attached hydrogens (tertiary/aromatic N) is 2. The molecule has 0 aliphatic carbocycles. The van der Waals surface area contributed by atoms with E-state index in [0.29, 0.717) is 41.0 Å². The highest BCUT2D eigenvalue weighted by Gasteiger charge is 2.32. The van der Waals surface area contributed by atoms with E-state index in [1.54, 1.807) is 11.9 Å². The first-order valence-electron chi connectivity index (χ1n) is 9.74. The van der Waals surface area contributed by atoms with Gasteiger partial charge in [-0.3, -0.25) is 9.59 Å². The minimum absolute atomic E-state index is 0. The molecule has 0 spiro atoms. The lowest BCUT2D eigenvalue weighted by Gasteiger charge is -2.41. The Morgan fingerprint density at radius 2 is 2.14 bits per heavy atom. The SMILES string of the molecule is CN(Cc1nc2ccsc2c(=O)[nH]1)C(=O)CCC[C@@H]1NC[C@@H]2CNC[C@H]1C2.Cl.Cl. The summed E-state index contributed by atoms with van der Waals surface area (Å²) in [7, 11) is 1.77. The van der Waals surface area contributed by atoms with Crippen molar-refractivity contribution in [2.75, 3.05) is 26.7 Å². The Morgan fingerprint density at radius 3 is 2.97 bits per heavy atom. The summed E-state index contributed by atoms with van der Waals surface area (Å²) in [6.45, 7) is 3.64. The van der Waals surface area contributed by atoms with Gasteiger partial charge in [0.05, 0.1) is 12.1 Å². The van der Waals surface area contributed by atoms with E-state index in [1.807, 2.05) is 11.4 Å². The number of carbonyl (C=O) groups excluding carboxylic acids is 1. The number of halogens is 2. The number of rotatable bonds is 6. The quantitative estimate of drug-likeness (QED) is 0.612. The summed E-state index contributed by atoms with van der Waals surface area (Å²) in [5.74, 6) is 2.09. The van der Waals surface area contributed by atoms with Crippen LogP contribution in [-0.2, 0) is 11.3 Å². The van der Waals surface area contributed by atoms with Gasteiger partial charge in [0.15, 0.2) is 0 Å². The van der Waals surface area contributed by atoms with Gasteiger partial charge in [-0.25, -0.2) is 4.98 Å². The Bertz CT molecular complexity index is 874. The molecule has 10 heteroatoms. The van der Waals surface area contributed by atoms with Gasteiger partial charge in [-0.15, -0.1) is 36.2 Å². The molecule has 2 aromatic heterocycles. The molecule has 4 heterocycles. The van der Waals surface area contributed by atoms with Crippen molar-refractivity contribution in [2.45, 2.75) is 38.3 Å². The fourth-order valence-electron chi connectivity index (χ4n) is 4.33. The molecule has 2 aliphatic rings. The summed E-state index contributed by atoms with van der Waals surface area (Å²) in [5.41, 5.74) is 0.566. The molecular formula is C19H29Cl2N5O2S. The smallest absolute Gasteiger partial charge is 0.268 e. The van der Waals surface area contributed by atoms with Crippen molar-refractivity contribution in [1.82, 2.24) is 25.5 Å². The fourth-order valence-corrected chi connectivity index (χ4v) is 5.05. The molecule has 0 saturated carbocycles. The molecule has 2 fully saturated rings. The normalized spacial score (nSPS) is 23.1. The number of thiophene rings is 1. The zero-order chi connectivity index (χ0) is 18.8. The number of aromatic amines is 1. The molecule has 3 atom stereocenters. The minimum Gasteiger partial charge on any atom is -0.338 e. The summed E-state index contributed by atoms with van der Waals surface area (Å²) >= 11 is 1.38. The standard InChI is InChI=1S/C19H27N5O2S.2ClH/c1-24(11-16-22-15-5-6-27-18(15)19(26)23-16)17(25)4-2-3-14-13-7-12(9-21-14)8-20-10-13;;/h5-6,12-14,20-21H,2-4,7-11H2,1H3,(H,22,23,26);2*1H/t12-,13+,14-;;/m0../s1. The molecule has 1 amide bonds. The summed E-state index contributed by atoms with van der Waals surface area (Å²) in [6, 6.07) is 2.36. The highest BCUT2D eigenvalue weighted by Crippen LogP contribution is 2.26. The Hall–Kier alpha value is -1.19. The van der Waals surface area contributed by atoms with Crippen LogP contribution in [0.4, 0.5) is 0 Å². The predicted molar refractivity (Wildman–Crippen MR) is 121 cm³/mol. The number of nitrogens with one attached hydrogen (secondary N) is 3. The first-order valence-corrected chi connectivity index (χ1v) is 10.6. The number of hydrogen-bond donors (Lipinski definition) is 3. The molecule has 29 heavy (non-hydrogen) atoms. The van der Waals surface area contributed by atoms with E-state index in [9.17, 15) is 9.59 Å². The molecule has 2 aliphatic heterocycles. The molecule has 7 nitrogen and oxygen atoms in total. The number of H-pyrrole nitrogens is 1. The number of fused-ring (bicyclic) bond motifs is 3. The van der Waals surface area contributed by atoms with Crippen LogP contribution in [0.2, 0.25) is 0 Å². The third-order valence-electron chi connectivity index (χ3n) is 5.80. The molecule has 0 unspecified atom stereocenters. The fraction of sp³-hybridized carbons (Fsp3) is 0.632. The van der Waals surface area contributed by atoms with E-state index in [-0.39, 0.29) is 36.3 Å². The van der Waals surface area contributed by atoms with E-state index in [4.69, 9.17) is 0 Å². The summed E-state index contributed by atoms with van der Waals surface area (Å²) in [4.78, 5) is 33.4. The van der Waals surface area contributed by atoms with Crippen molar-refractivity contribution < 1.29 is 4.79 Å². The van der Waals surface area contributed by atoms with Crippen molar-refractivity contribution >= 4 is 52.3 Å². The van der Waals surface area contributed by atoms with Crippen molar-refractivity contribution in [3.63, 3.8) is 0 Å². The second-order valence-corrected chi connectivity index (χ2v) is 8.74. The number of aromatic nitrogens is 2. The first-order chi connectivity index (χ1) is 13.1. The van der Waals surface area contributed by atoms with E-state index in [1.165, 1.54) is 17.8 Å². The van der Waals surface area contributed by atoms with Crippen LogP contribution in [0.15, 0.2) is 16.2 Å². The van der Waals surface area contributed by atoms with Crippen molar-refractivity contribution in [1.29, 1.82) is 0 Å². The average Bonchev–Trinajstić information content (AvgIpc) is 3.13. The highest BCUT2D eigenvalue weighted by molar-refractivity contribution is 7.17. The lowest BCUT2D eigenvalue weighted by molar-refractivity contribution is -0.130. The van der Waals surface area contributed by atoms with Gasteiger partial charge in [0, 0.05) is 19.5 Å². The molecular weight excluding hydrogens is 433 g/mol. The van der Waals surface area contributed by atoms with Gasteiger partial charge in [-0.1, -0.05) is 0 Å². The zero-order valence-electron chi connectivity index (χ0n) is 16.5. The Labute approximate surface area is 186 Å². The summed E-state index contributed by atoms with van der Waals surface area (Å²) < 4.78 is 0.632. The van der Waals surface area contributed by atoms with Gasteiger partial charge < -0.3 is 20.5 Å². The third-order valence-corrected chi connectivity index (χ3v) is 6.70. The lowest BCUT2D eigenvalue weighted by atomic mass is 9.80. The van der Waals surface area contributed by atoms with E-state index in [0.717, 1.165) is 38.4 Å². The van der Waals surface area contributed by atoms with E-state index < -0.39 is 0 Å². The molecule has 0 radical (unpaired) electrons.